The molecule has 0 fully saturated rings. The lowest BCUT2D eigenvalue weighted by atomic mass is 10.1. The van der Waals surface area contributed by atoms with Gasteiger partial charge in [0.1, 0.15) is 0 Å². The highest BCUT2D eigenvalue weighted by molar-refractivity contribution is 7.07. The van der Waals surface area contributed by atoms with Gasteiger partial charge in [-0.1, -0.05) is 18.2 Å². The Bertz CT molecular complexity index is 539. The van der Waals surface area contributed by atoms with Crippen LogP contribution in [-0.2, 0) is 6.54 Å². The van der Waals surface area contributed by atoms with Gasteiger partial charge in [0.25, 0.3) is 0 Å². The first kappa shape index (κ1) is 13.7. The molecule has 19 heavy (non-hydrogen) atoms. The quantitative estimate of drug-likeness (QED) is 0.757. The molecule has 1 aromatic heterocycles. The van der Waals surface area contributed by atoms with E-state index >= 15 is 0 Å². The van der Waals surface area contributed by atoms with Gasteiger partial charge in [0.2, 0.25) is 0 Å². The minimum absolute atomic E-state index is 0.292. The molecule has 0 saturated carbocycles. The zero-order valence-electron chi connectivity index (χ0n) is 10.2. The van der Waals surface area contributed by atoms with Gasteiger partial charge in [0.05, 0.1) is 11.7 Å². The summed E-state index contributed by atoms with van der Waals surface area (Å²) in [6.45, 7) is 0.814. The molecular formula is C14H15NO3S. The minimum Gasteiger partial charge on any atom is -0.478 e. The van der Waals surface area contributed by atoms with Crippen molar-refractivity contribution in [1.29, 1.82) is 0 Å². The zero-order chi connectivity index (χ0) is 13.7. The highest BCUT2D eigenvalue weighted by atomic mass is 32.1. The number of carbonyl (C=O) groups is 1. The number of aliphatic hydroxyl groups is 1. The van der Waals surface area contributed by atoms with Gasteiger partial charge in [-0.25, -0.2) is 4.79 Å². The van der Waals surface area contributed by atoms with Crippen LogP contribution in [0.15, 0.2) is 41.1 Å². The van der Waals surface area contributed by atoms with Crippen LogP contribution in [0, 0.1) is 0 Å². The zero-order valence-corrected chi connectivity index (χ0v) is 11.1. The van der Waals surface area contributed by atoms with E-state index in [0.29, 0.717) is 24.2 Å². The Labute approximate surface area is 115 Å². The predicted molar refractivity (Wildman–Crippen MR) is 74.4 cm³/mol. The topological polar surface area (TPSA) is 69.6 Å². The number of carboxylic acid groups (broad SMARTS) is 1. The number of hydrogen-bond acceptors (Lipinski definition) is 4. The molecule has 2 aromatic rings. The van der Waals surface area contributed by atoms with Gasteiger partial charge in [-0.2, -0.15) is 11.3 Å². The van der Waals surface area contributed by atoms with E-state index in [1.165, 1.54) is 11.3 Å². The standard InChI is InChI=1S/C14H15NO3S/c16-13(11-5-6-19-9-11)8-15-7-10-3-1-2-4-12(10)14(17)18/h1-6,9,13,15-16H,7-8H2,(H,17,18). The van der Waals surface area contributed by atoms with Gasteiger partial charge in [-0.15, -0.1) is 0 Å². The molecule has 2 rings (SSSR count). The molecule has 5 heteroatoms. The van der Waals surface area contributed by atoms with Crippen molar-refractivity contribution in [2.75, 3.05) is 6.54 Å². The van der Waals surface area contributed by atoms with Crippen LogP contribution in [0.5, 0.6) is 0 Å². The van der Waals surface area contributed by atoms with Crippen LogP contribution in [0.1, 0.15) is 27.6 Å². The number of nitrogens with one attached hydrogen (secondary N) is 1. The normalized spacial score (nSPS) is 12.3. The average molecular weight is 277 g/mol. The Morgan fingerprint density at radius 1 is 1.32 bits per heavy atom. The lowest BCUT2D eigenvalue weighted by molar-refractivity contribution is 0.0695. The van der Waals surface area contributed by atoms with E-state index in [1.807, 2.05) is 16.8 Å². The number of benzene rings is 1. The number of thiophene rings is 1. The van der Waals surface area contributed by atoms with Crippen molar-refractivity contribution < 1.29 is 15.0 Å². The number of rotatable bonds is 6. The molecule has 1 unspecified atom stereocenters. The van der Waals surface area contributed by atoms with Crippen LogP contribution in [0.2, 0.25) is 0 Å². The maximum absolute atomic E-state index is 11.0. The maximum atomic E-state index is 11.0. The molecule has 1 heterocycles. The number of carboxylic acids is 1. The predicted octanol–water partition coefficient (Wildman–Crippen LogP) is 2.27. The number of hydrogen-bond donors (Lipinski definition) is 3. The Balaban J connectivity index is 1.91. The summed E-state index contributed by atoms with van der Waals surface area (Å²) in [5, 5.41) is 25.8. The first-order chi connectivity index (χ1) is 9.18. The van der Waals surface area contributed by atoms with Crippen molar-refractivity contribution in [3.63, 3.8) is 0 Å². The summed E-state index contributed by atoms with van der Waals surface area (Å²) >= 11 is 1.54. The molecule has 0 saturated heterocycles. The van der Waals surface area contributed by atoms with Gasteiger partial charge in [0.15, 0.2) is 0 Å². The van der Waals surface area contributed by atoms with Crippen molar-refractivity contribution >= 4 is 17.3 Å². The lowest BCUT2D eigenvalue weighted by Crippen LogP contribution is -2.22. The van der Waals surface area contributed by atoms with Gasteiger partial charge >= 0.3 is 5.97 Å². The molecule has 3 N–H and O–H groups in total. The third kappa shape index (κ3) is 3.64. The first-order valence-corrected chi connectivity index (χ1v) is 6.85. The van der Waals surface area contributed by atoms with Crippen LogP contribution in [0.25, 0.3) is 0 Å². The van der Waals surface area contributed by atoms with Gasteiger partial charge in [-0.3, -0.25) is 0 Å². The second kappa shape index (κ2) is 6.47. The van der Waals surface area contributed by atoms with E-state index in [2.05, 4.69) is 5.32 Å². The van der Waals surface area contributed by atoms with E-state index in [9.17, 15) is 9.90 Å². The molecule has 0 radical (unpaired) electrons. The smallest absolute Gasteiger partial charge is 0.336 e. The van der Waals surface area contributed by atoms with E-state index in [4.69, 9.17) is 5.11 Å². The average Bonchev–Trinajstić information content (AvgIpc) is 2.93. The highest BCUT2D eigenvalue weighted by Gasteiger charge is 2.10. The molecule has 0 aliphatic carbocycles. The molecular weight excluding hydrogens is 262 g/mol. The Kier molecular flexibility index (Phi) is 4.68. The van der Waals surface area contributed by atoms with Crippen LogP contribution < -0.4 is 5.32 Å². The summed E-state index contributed by atoms with van der Waals surface area (Å²) in [4.78, 5) is 11.0. The van der Waals surface area contributed by atoms with E-state index < -0.39 is 12.1 Å². The number of aliphatic hydroxyl groups excluding tert-OH is 1. The van der Waals surface area contributed by atoms with Gasteiger partial charge < -0.3 is 15.5 Å². The molecule has 100 valence electrons. The molecule has 4 nitrogen and oxygen atoms in total. The van der Waals surface area contributed by atoms with Crippen LogP contribution in [0.4, 0.5) is 0 Å². The number of aromatic carboxylic acids is 1. The SMILES string of the molecule is O=C(O)c1ccccc1CNCC(O)c1ccsc1. The third-order valence-corrected chi connectivity index (χ3v) is 3.53. The third-order valence-electron chi connectivity index (χ3n) is 2.83. The summed E-state index contributed by atoms with van der Waals surface area (Å²) in [6.07, 6.45) is -0.566. The second-order valence-electron chi connectivity index (χ2n) is 4.17. The van der Waals surface area contributed by atoms with E-state index in [1.54, 1.807) is 24.3 Å². The van der Waals surface area contributed by atoms with Crippen molar-refractivity contribution in [1.82, 2.24) is 5.32 Å². The van der Waals surface area contributed by atoms with Crippen LogP contribution in [0.3, 0.4) is 0 Å². The van der Waals surface area contributed by atoms with Crippen LogP contribution >= 0.6 is 11.3 Å². The fourth-order valence-electron chi connectivity index (χ4n) is 1.81. The Morgan fingerprint density at radius 2 is 2.11 bits per heavy atom. The van der Waals surface area contributed by atoms with Gasteiger partial charge in [0, 0.05) is 13.1 Å². The fraction of sp³-hybridized carbons (Fsp3) is 0.214. The molecule has 0 spiro atoms. The first-order valence-electron chi connectivity index (χ1n) is 5.90. The molecule has 1 atom stereocenters. The highest BCUT2D eigenvalue weighted by Crippen LogP contribution is 2.15. The minimum atomic E-state index is -0.934. The summed E-state index contributed by atoms with van der Waals surface area (Å²) in [7, 11) is 0. The molecule has 0 amide bonds. The Morgan fingerprint density at radius 3 is 2.79 bits per heavy atom. The molecule has 0 aliphatic rings. The summed E-state index contributed by atoms with van der Waals surface area (Å²) < 4.78 is 0. The van der Waals surface area contributed by atoms with Crippen molar-refractivity contribution in [3.8, 4) is 0 Å². The van der Waals surface area contributed by atoms with E-state index in [-0.39, 0.29) is 0 Å². The fourth-order valence-corrected chi connectivity index (χ4v) is 2.52. The summed E-state index contributed by atoms with van der Waals surface area (Å²) in [5.41, 5.74) is 1.89. The van der Waals surface area contributed by atoms with E-state index in [0.717, 1.165) is 5.56 Å². The second-order valence-corrected chi connectivity index (χ2v) is 4.95. The molecule has 0 aliphatic heterocycles. The summed E-state index contributed by atoms with van der Waals surface area (Å²) in [6, 6.07) is 8.73. The van der Waals surface area contributed by atoms with Crippen molar-refractivity contribution in [3.05, 3.63) is 57.8 Å². The van der Waals surface area contributed by atoms with Crippen LogP contribution in [-0.4, -0.2) is 22.7 Å². The maximum Gasteiger partial charge on any atom is 0.336 e. The monoisotopic (exact) mass is 277 g/mol. The Hall–Kier alpha value is -1.69. The lowest BCUT2D eigenvalue weighted by Gasteiger charge is -2.11. The van der Waals surface area contributed by atoms with Crippen molar-refractivity contribution in [2.45, 2.75) is 12.6 Å². The largest absolute Gasteiger partial charge is 0.478 e. The van der Waals surface area contributed by atoms with Crippen molar-refractivity contribution in [2.24, 2.45) is 0 Å². The summed E-state index contributed by atoms with van der Waals surface area (Å²) in [5.74, 6) is -0.934. The molecule has 0 bridgehead atoms. The molecule has 1 aromatic carbocycles. The van der Waals surface area contributed by atoms with Gasteiger partial charge in [-0.05, 0) is 34.0 Å².